The van der Waals surface area contributed by atoms with Crippen molar-refractivity contribution in [2.75, 3.05) is 20.3 Å². The maximum atomic E-state index is 5.32. The highest BCUT2D eigenvalue weighted by Gasteiger charge is 2.25. The first-order chi connectivity index (χ1) is 7.81. The number of aryl methyl sites for hydroxylation is 1. The van der Waals surface area contributed by atoms with Crippen molar-refractivity contribution < 1.29 is 4.74 Å². The number of benzene rings is 1. The van der Waals surface area contributed by atoms with Crippen LogP contribution in [0.15, 0.2) is 24.3 Å². The highest BCUT2D eigenvalue weighted by Crippen LogP contribution is 2.29. The molecule has 1 aromatic rings. The van der Waals surface area contributed by atoms with Crippen molar-refractivity contribution in [1.82, 2.24) is 5.32 Å². The zero-order valence-electron chi connectivity index (χ0n) is 10.2. The number of piperidine rings is 1. The fourth-order valence-corrected chi connectivity index (χ4v) is 2.51. The van der Waals surface area contributed by atoms with Crippen LogP contribution in [-0.2, 0) is 4.74 Å². The van der Waals surface area contributed by atoms with Crippen LogP contribution < -0.4 is 5.32 Å². The molecule has 2 nitrogen and oxygen atoms in total. The molecule has 0 bridgehead atoms. The maximum Gasteiger partial charge on any atom is 0.0508 e. The van der Waals surface area contributed by atoms with Gasteiger partial charge in [0.1, 0.15) is 0 Å². The van der Waals surface area contributed by atoms with Gasteiger partial charge < -0.3 is 10.1 Å². The summed E-state index contributed by atoms with van der Waals surface area (Å²) < 4.78 is 5.32. The number of nitrogens with one attached hydrogen (secondary N) is 1. The van der Waals surface area contributed by atoms with Crippen molar-refractivity contribution in [3.05, 3.63) is 35.4 Å². The molecule has 1 heterocycles. The molecule has 2 heteroatoms. The molecule has 0 saturated carbocycles. The van der Waals surface area contributed by atoms with Crippen LogP contribution in [0.2, 0.25) is 0 Å². The zero-order chi connectivity index (χ0) is 11.4. The molecule has 1 saturated heterocycles. The molecule has 2 unspecified atom stereocenters. The van der Waals surface area contributed by atoms with Crippen LogP contribution in [0, 0.1) is 12.8 Å². The van der Waals surface area contributed by atoms with Gasteiger partial charge in [-0.05, 0) is 31.9 Å². The normalized spacial score (nSPS) is 25.6. The topological polar surface area (TPSA) is 21.3 Å². The summed E-state index contributed by atoms with van der Waals surface area (Å²) in [5.41, 5.74) is 2.72. The van der Waals surface area contributed by atoms with Crippen molar-refractivity contribution in [3.63, 3.8) is 0 Å². The van der Waals surface area contributed by atoms with E-state index in [1.807, 2.05) is 0 Å². The van der Waals surface area contributed by atoms with Crippen molar-refractivity contribution in [2.45, 2.75) is 25.8 Å². The minimum Gasteiger partial charge on any atom is -0.384 e. The van der Waals surface area contributed by atoms with Crippen LogP contribution in [-0.4, -0.2) is 20.3 Å². The number of rotatable bonds is 3. The summed E-state index contributed by atoms with van der Waals surface area (Å²) in [4.78, 5) is 0. The Bertz CT molecular complexity index is 318. The van der Waals surface area contributed by atoms with E-state index in [2.05, 4.69) is 36.5 Å². The first-order valence-electron chi connectivity index (χ1n) is 6.10. The van der Waals surface area contributed by atoms with E-state index in [0.29, 0.717) is 12.0 Å². The minimum atomic E-state index is 0.467. The van der Waals surface area contributed by atoms with Crippen LogP contribution >= 0.6 is 0 Å². The lowest BCUT2D eigenvalue weighted by molar-refractivity contribution is 0.112. The Hall–Kier alpha value is -0.860. The Morgan fingerprint density at radius 1 is 1.31 bits per heavy atom. The molecule has 2 atom stereocenters. The van der Waals surface area contributed by atoms with E-state index in [1.54, 1.807) is 7.11 Å². The second kappa shape index (κ2) is 5.46. The molecule has 0 amide bonds. The third kappa shape index (κ3) is 2.63. The number of hydrogen-bond donors (Lipinski definition) is 1. The van der Waals surface area contributed by atoms with E-state index in [-0.39, 0.29) is 0 Å². The van der Waals surface area contributed by atoms with Crippen molar-refractivity contribution in [1.29, 1.82) is 0 Å². The molecule has 88 valence electrons. The number of methoxy groups -OCH3 is 1. The van der Waals surface area contributed by atoms with E-state index < -0.39 is 0 Å². The van der Waals surface area contributed by atoms with Gasteiger partial charge in [0.05, 0.1) is 6.61 Å². The van der Waals surface area contributed by atoms with Gasteiger partial charge in [0, 0.05) is 19.1 Å². The summed E-state index contributed by atoms with van der Waals surface area (Å²) in [5, 5.41) is 3.61. The van der Waals surface area contributed by atoms with E-state index in [9.17, 15) is 0 Å². The van der Waals surface area contributed by atoms with E-state index >= 15 is 0 Å². The smallest absolute Gasteiger partial charge is 0.0508 e. The predicted molar refractivity (Wildman–Crippen MR) is 66.5 cm³/mol. The average molecular weight is 219 g/mol. The monoisotopic (exact) mass is 219 g/mol. The molecule has 1 aliphatic heterocycles. The highest BCUT2D eigenvalue weighted by molar-refractivity contribution is 5.25. The lowest BCUT2D eigenvalue weighted by Crippen LogP contribution is -2.36. The Morgan fingerprint density at radius 3 is 2.75 bits per heavy atom. The van der Waals surface area contributed by atoms with Gasteiger partial charge in [-0.1, -0.05) is 29.8 Å². The first-order valence-corrected chi connectivity index (χ1v) is 6.10. The molecule has 0 aromatic heterocycles. The largest absolute Gasteiger partial charge is 0.384 e. The minimum absolute atomic E-state index is 0.467. The summed E-state index contributed by atoms with van der Waals surface area (Å²) >= 11 is 0. The summed E-state index contributed by atoms with van der Waals surface area (Å²) in [6.45, 7) is 4.11. The average Bonchev–Trinajstić information content (AvgIpc) is 2.32. The molecule has 16 heavy (non-hydrogen) atoms. The fourth-order valence-electron chi connectivity index (χ4n) is 2.51. The van der Waals surface area contributed by atoms with Gasteiger partial charge >= 0.3 is 0 Å². The molecule has 1 N–H and O–H groups in total. The lowest BCUT2D eigenvalue weighted by Gasteiger charge is -2.32. The number of hydrogen-bond acceptors (Lipinski definition) is 2. The molecule has 0 spiro atoms. The summed E-state index contributed by atoms with van der Waals surface area (Å²) in [7, 11) is 1.79. The van der Waals surface area contributed by atoms with Gasteiger partial charge in [-0.25, -0.2) is 0 Å². The van der Waals surface area contributed by atoms with Gasteiger partial charge in [-0.2, -0.15) is 0 Å². The Balaban J connectivity index is 2.13. The molecule has 1 aromatic carbocycles. The van der Waals surface area contributed by atoms with Crippen LogP contribution in [0.25, 0.3) is 0 Å². The summed E-state index contributed by atoms with van der Waals surface area (Å²) in [6, 6.07) is 9.32. The molecular weight excluding hydrogens is 198 g/mol. The highest BCUT2D eigenvalue weighted by atomic mass is 16.5. The second-order valence-corrected chi connectivity index (χ2v) is 4.70. The maximum absolute atomic E-state index is 5.32. The van der Waals surface area contributed by atoms with E-state index in [1.165, 1.54) is 24.0 Å². The van der Waals surface area contributed by atoms with Crippen LogP contribution in [0.4, 0.5) is 0 Å². The van der Waals surface area contributed by atoms with Crippen molar-refractivity contribution in [3.8, 4) is 0 Å². The van der Waals surface area contributed by atoms with Gasteiger partial charge in [0.25, 0.3) is 0 Å². The van der Waals surface area contributed by atoms with Crippen LogP contribution in [0.5, 0.6) is 0 Å². The molecule has 1 aliphatic rings. The van der Waals surface area contributed by atoms with Crippen molar-refractivity contribution in [2.24, 2.45) is 5.92 Å². The molecule has 1 fully saturated rings. The van der Waals surface area contributed by atoms with Gasteiger partial charge in [0.2, 0.25) is 0 Å². The fraction of sp³-hybridized carbons (Fsp3) is 0.571. The van der Waals surface area contributed by atoms with E-state index in [4.69, 9.17) is 4.74 Å². The molecule has 0 radical (unpaired) electrons. The SMILES string of the molecule is COCC1CCCNC1c1ccc(C)cc1. The lowest BCUT2D eigenvalue weighted by atomic mass is 9.86. The number of ether oxygens (including phenoxy) is 1. The third-order valence-electron chi connectivity index (χ3n) is 3.40. The zero-order valence-corrected chi connectivity index (χ0v) is 10.2. The first kappa shape index (κ1) is 11.6. The van der Waals surface area contributed by atoms with Crippen LogP contribution in [0.1, 0.15) is 30.0 Å². The molecule has 2 rings (SSSR count). The quantitative estimate of drug-likeness (QED) is 0.844. The Labute approximate surface area is 98.0 Å². The molecule has 0 aliphatic carbocycles. The Kier molecular flexibility index (Phi) is 3.97. The third-order valence-corrected chi connectivity index (χ3v) is 3.40. The van der Waals surface area contributed by atoms with E-state index in [0.717, 1.165) is 13.2 Å². The van der Waals surface area contributed by atoms with Gasteiger partial charge in [0.15, 0.2) is 0 Å². The second-order valence-electron chi connectivity index (χ2n) is 4.70. The summed E-state index contributed by atoms with van der Waals surface area (Å²) in [5.74, 6) is 0.612. The molecular formula is C14H21NO. The Morgan fingerprint density at radius 2 is 2.06 bits per heavy atom. The van der Waals surface area contributed by atoms with Gasteiger partial charge in [-0.3, -0.25) is 0 Å². The van der Waals surface area contributed by atoms with Gasteiger partial charge in [-0.15, -0.1) is 0 Å². The predicted octanol–water partition coefficient (Wildman–Crippen LogP) is 2.68. The van der Waals surface area contributed by atoms with Crippen molar-refractivity contribution >= 4 is 0 Å². The van der Waals surface area contributed by atoms with Crippen LogP contribution in [0.3, 0.4) is 0 Å². The standard InChI is InChI=1S/C14H21NO/c1-11-5-7-12(8-6-11)14-13(10-16-2)4-3-9-15-14/h5-8,13-15H,3-4,9-10H2,1-2H3. The summed E-state index contributed by atoms with van der Waals surface area (Å²) in [6.07, 6.45) is 2.52.